The van der Waals surface area contributed by atoms with Crippen LogP contribution in [0.2, 0.25) is 0 Å². The minimum Gasteiger partial charge on any atom is -0.368 e. The Labute approximate surface area is 122 Å². The van der Waals surface area contributed by atoms with E-state index in [9.17, 15) is 13.2 Å². The van der Waals surface area contributed by atoms with Crippen LogP contribution in [0.3, 0.4) is 0 Å². The number of hydrogen-bond donors (Lipinski definition) is 1. The summed E-state index contributed by atoms with van der Waals surface area (Å²) < 4.78 is 39.0. The molecule has 0 aliphatic carbocycles. The molecule has 1 N–H and O–H groups in total. The van der Waals surface area contributed by atoms with E-state index < -0.39 is 11.7 Å². The second kappa shape index (κ2) is 6.35. The second-order valence-corrected chi connectivity index (χ2v) is 6.74. The van der Waals surface area contributed by atoms with Gasteiger partial charge in [0.2, 0.25) is 0 Å². The van der Waals surface area contributed by atoms with Gasteiger partial charge < -0.3 is 5.32 Å². The lowest BCUT2D eigenvalue weighted by atomic mass is 10.2. The van der Waals surface area contributed by atoms with Crippen molar-refractivity contribution in [3.05, 3.63) is 22.3 Å². The molecule has 1 aliphatic heterocycles. The number of pyridine rings is 1. The first-order valence-corrected chi connectivity index (χ1v) is 7.89. The van der Waals surface area contributed by atoms with E-state index in [4.69, 9.17) is 0 Å². The maximum absolute atomic E-state index is 12.9. The fraction of sp³-hybridized carbons (Fsp3) is 0.583. The van der Waals surface area contributed by atoms with E-state index in [1.165, 1.54) is 12.6 Å². The molecule has 1 aliphatic rings. The molecule has 7 heteroatoms. The Kier molecular flexibility index (Phi) is 5.00. The van der Waals surface area contributed by atoms with E-state index in [-0.39, 0.29) is 5.82 Å². The van der Waals surface area contributed by atoms with Crippen LogP contribution in [0.25, 0.3) is 0 Å². The molecule has 2 nitrogen and oxygen atoms in total. The van der Waals surface area contributed by atoms with Crippen LogP contribution in [0.15, 0.2) is 16.7 Å². The molecule has 1 unspecified atom stereocenters. The third kappa shape index (κ3) is 4.27. The Bertz CT molecular complexity index is 433. The molecule has 2 heterocycles. The molecule has 0 saturated carbocycles. The highest BCUT2D eigenvalue weighted by Crippen LogP contribution is 2.35. The molecule has 1 aromatic rings. The fourth-order valence-corrected chi connectivity index (χ4v) is 3.55. The molecule has 0 amide bonds. The van der Waals surface area contributed by atoms with Crippen LogP contribution >= 0.6 is 27.7 Å². The SMILES string of the molecule is FC(F)(F)c1cc(Br)cnc1NCC1CCCCS1. The summed E-state index contributed by atoms with van der Waals surface area (Å²) in [6.07, 6.45) is 0.394. The summed E-state index contributed by atoms with van der Waals surface area (Å²) in [5.41, 5.74) is -0.720. The number of halogens is 4. The molecule has 19 heavy (non-hydrogen) atoms. The Balaban J connectivity index is 2.06. The number of anilines is 1. The van der Waals surface area contributed by atoms with Crippen molar-refractivity contribution in [1.82, 2.24) is 4.98 Å². The van der Waals surface area contributed by atoms with Crippen LogP contribution in [0, 0.1) is 0 Å². The third-order valence-electron chi connectivity index (χ3n) is 2.93. The largest absolute Gasteiger partial charge is 0.419 e. The summed E-state index contributed by atoms with van der Waals surface area (Å²) in [5, 5.41) is 3.22. The number of nitrogens with one attached hydrogen (secondary N) is 1. The second-order valence-electron chi connectivity index (χ2n) is 4.42. The average Bonchev–Trinajstić information content (AvgIpc) is 2.37. The molecule has 1 fully saturated rings. The fourth-order valence-electron chi connectivity index (χ4n) is 1.98. The highest BCUT2D eigenvalue weighted by atomic mass is 79.9. The number of thioether (sulfide) groups is 1. The lowest BCUT2D eigenvalue weighted by Crippen LogP contribution is -2.22. The number of rotatable bonds is 3. The van der Waals surface area contributed by atoms with Crippen molar-refractivity contribution >= 4 is 33.5 Å². The molecular weight excluding hydrogens is 341 g/mol. The predicted octanol–water partition coefficient (Wildman–Crippen LogP) is 4.56. The molecule has 1 atom stereocenters. The molecule has 0 spiro atoms. The van der Waals surface area contributed by atoms with Gasteiger partial charge >= 0.3 is 6.18 Å². The number of nitrogens with zero attached hydrogens (tertiary/aromatic N) is 1. The Morgan fingerprint density at radius 1 is 1.42 bits per heavy atom. The Morgan fingerprint density at radius 3 is 2.84 bits per heavy atom. The molecule has 0 radical (unpaired) electrons. The summed E-state index contributed by atoms with van der Waals surface area (Å²) in [5.74, 6) is 1.01. The normalized spacial score (nSPS) is 20.3. The van der Waals surface area contributed by atoms with Gasteiger partial charge in [-0.1, -0.05) is 6.42 Å². The van der Waals surface area contributed by atoms with Gasteiger partial charge in [-0.05, 0) is 40.6 Å². The minimum atomic E-state index is -4.39. The molecule has 0 bridgehead atoms. The van der Waals surface area contributed by atoms with Crippen LogP contribution in [0.1, 0.15) is 24.8 Å². The van der Waals surface area contributed by atoms with Gasteiger partial charge in [-0.2, -0.15) is 24.9 Å². The van der Waals surface area contributed by atoms with Gasteiger partial charge in [0, 0.05) is 22.5 Å². The third-order valence-corrected chi connectivity index (χ3v) is 4.76. The quantitative estimate of drug-likeness (QED) is 0.861. The smallest absolute Gasteiger partial charge is 0.368 e. The molecule has 0 aromatic carbocycles. The van der Waals surface area contributed by atoms with Crippen LogP contribution in [0.5, 0.6) is 0 Å². The van der Waals surface area contributed by atoms with Crippen LogP contribution in [-0.4, -0.2) is 22.5 Å². The standard InChI is InChI=1S/C12H14BrF3N2S/c13-8-5-10(12(14,15)16)11(17-6-8)18-7-9-3-1-2-4-19-9/h5-6,9H,1-4,7H2,(H,17,18). The summed E-state index contributed by atoms with van der Waals surface area (Å²) in [6.45, 7) is 0.530. The maximum Gasteiger partial charge on any atom is 0.419 e. The van der Waals surface area contributed by atoms with Gasteiger partial charge in [0.15, 0.2) is 0 Å². The molecule has 106 valence electrons. The van der Waals surface area contributed by atoms with Crippen molar-refractivity contribution < 1.29 is 13.2 Å². The lowest BCUT2D eigenvalue weighted by molar-refractivity contribution is -0.137. The predicted molar refractivity (Wildman–Crippen MR) is 75.5 cm³/mol. The lowest BCUT2D eigenvalue weighted by Gasteiger charge is -2.22. The van der Waals surface area contributed by atoms with Crippen LogP contribution in [0.4, 0.5) is 19.0 Å². The first-order valence-electron chi connectivity index (χ1n) is 6.05. The van der Waals surface area contributed by atoms with E-state index in [1.807, 2.05) is 11.8 Å². The minimum absolute atomic E-state index is 0.0816. The van der Waals surface area contributed by atoms with Gasteiger partial charge in [0.1, 0.15) is 5.82 Å². The van der Waals surface area contributed by atoms with E-state index in [0.29, 0.717) is 16.3 Å². The van der Waals surface area contributed by atoms with E-state index in [1.54, 1.807) is 0 Å². The van der Waals surface area contributed by atoms with Crippen molar-refractivity contribution in [2.24, 2.45) is 0 Å². The van der Waals surface area contributed by atoms with Gasteiger partial charge in [-0.3, -0.25) is 0 Å². The average molecular weight is 355 g/mol. The maximum atomic E-state index is 12.9. The van der Waals surface area contributed by atoms with E-state index in [2.05, 4.69) is 26.2 Å². The monoisotopic (exact) mass is 354 g/mol. The zero-order valence-electron chi connectivity index (χ0n) is 10.1. The number of aromatic nitrogens is 1. The highest BCUT2D eigenvalue weighted by Gasteiger charge is 2.34. The first-order chi connectivity index (χ1) is 8.97. The van der Waals surface area contributed by atoms with Gasteiger partial charge in [-0.25, -0.2) is 4.98 Å². The topological polar surface area (TPSA) is 24.9 Å². The summed E-state index contributed by atoms with van der Waals surface area (Å²) in [7, 11) is 0. The number of alkyl halides is 3. The molecular formula is C12H14BrF3N2S. The summed E-state index contributed by atoms with van der Waals surface area (Å²) >= 11 is 4.84. The van der Waals surface area contributed by atoms with Crippen molar-refractivity contribution in [1.29, 1.82) is 0 Å². The molecule has 1 saturated heterocycles. The van der Waals surface area contributed by atoms with Gasteiger partial charge in [0.05, 0.1) is 5.56 Å². The van der Waals surface area contributed by atoms with E-state index in [0.717, 1.165) is 24.7 Å². The molecule has 1 aromatic heterocycles. The van der Waals surface area contributed by atoms with Gasteiger partial charge in [0.25, 0.3) is 0 Å². The Hall–Kier alpha value is -0.430. The zero-order chi connectivity index (χ0) is 13.9. The van der Waals surface area contributed by atoms with Crippen LogP contribution < -0.4 is 5.32 Å². The number of hydrogen-bond acceptors (Lipinski definition) is 3. The van der Waals surface area contributed by atoms with Crippen molar-refractivity contribution in [3.8, 4) is 0 Å². The van der Waals surface area contributed by atoms with Crippen molar-refractivity contribution in [2.45, 2.75) is 30.7 Å². The highest BCUT2D eigenvalue weighted by molar-refractivity contribution is 9.10. The first kappa shape index (κ1) is 15.0. The zero-order valence-corrected chi connectivity index (χ0v) is 12.5. The van der Waals surface area contributed by atoms with E-state index >= 15 is 0 Å². The summed E-state index contributed by atoms with van der Waals surface area (Å²) in [4.78, 5) is 3.84. The van der Waals surface area contributed by atoms with Crippen molar-refractivity contribution in [3.63, 3.8) is 0 Å². The summed E-state index contributed by atoms with van der Waals surface area (Å²) in [6, 6.07) is 1.06. The van der Waals surface area contributed by atoms with Gasteiger partial charge in [-0.15, -0.1) is 0 Å². The van der Waals surface area contributed by atoms with Crippen LogP contribution in [-0.2, 0) is 6.18 Å². The Morgan fingerprint density at radius 2 is 2.21 bits per heavy atom. The molecule has 2 rings (SSSR count). The van der Waals surface area contributed by atoms with Crippen molar-refractivity contribution in [2.75, 3.05) is 17.6 Å².